The largest absolute Gasteiger partial charge is 0.418 e. The zero-order valence-corrected chi connectivity index (χ0v) is 13.7. The van der Waals surface area contributed by atoms with Gasteiger partial charge in [-0.15, -0.1) is 0 Å². The third-order valence-electron chi connectivity index (χ3n) is 3.33. The molecule has 0 radical (unpaired) electrons. The number of hydrogen-bond donors (Lipinski definition) is 1. The van der Waals surface area contributed by atoms with E-state index in [2.05, 4.69) is 15.3 Å². The molecule has 136 valence electrons. The summed E-state index contributed by atoms with van der Waals surface area (Å²) < 4.78 is 77.7. The molecule has 0 saturated carbocycles. The molecule has 0 saturated heterocycles. The summed E-state index contributed by atoms with van der Waals surface area (Å²) in [6.07, 6.45) is -9.55. The third kappa shape index (κ3) is 4.33. The van der Waals surface area contributed by atoms with Crippen LogP contribution in [0.25, 0.3) is 0 Å². The van der Waals surface area contributed by atoms with E-state index < -0.39 is 29.2 Å². The highest BCUT2D eigenvalue weighted by Gasteiger charge is 2.38. The lowest BCUT2D eigenvalue weighted by Gasteiger charge is -2.18. The first-order chi connectivity index (χ1) is 11.4. The predicted molar refractivity (Wildman–Crippen MR) is 80.9 cm³/mol. The average Bonchev–Trinajstić information content (AvgIpc) is 2.45. The van der Waals surface area contributed by atoms with E-state index in [1.165, 1.54) is 6.92 Å². The summed E-state index contributed by atoms with van der Waals surface area (Å²) in [7, 11) is 0. The van der Waals surface area contributed by atoms with Crippen LogP contribution in [0.15, 0.2) is 18.2 Å². The third-order valence-corrected chi connectivity index (χ3v) is 3.64. The number of anilines is 2. The van der Waals surface area contributed by atoms with Crippen LogP contribution in [0.4, 0.5) is 37.8 Å². The van der Waals surface area contributed by atoms with Crippen molar-refractivity contribution in [3.63, 3.8) is 0 Å². The number of aromatic nitrogens is 2. The number of nitrogens with one attached hydrogen (secondary N) is 1. The highest BCUT2D eigenvalue weighted by atomic mass is 35.5. The molecule has 1 heterocycles. The molecule has 0 amide bonds. The maximum absolute atomic E-state index is 13.2. The van der Waals surface area contributed by atoms with Crippen molar-refractivity contribution < 1.29 is 26.3 Å². The first-order valence-electron chi connectivity index (χ1n) is 7.02. The first-order valence-corrected chi connectivity index (χ1v) is 7.39. The number of aryl methyl sites for hydroxylation is 1. The van der Waals surface area contributed by atoms with Crippen molar-refractivity contribution in [2.45, 2.75) is 32.6 Å². The Bertz CT molecular complexity index is 786. The van der Waals surface area contributed by atoms with Crippen LogP contribution in [0.1, 0.15) is 29.4 Å². The molecule has 0 unspecified atom stereocenters. The van der Waals surface area contributed by atoms with Crippen LogP contribution in [0.2, 0.25) is 5.15 Å². The Morgan fingerprint density at radius 1 is 1.04 bits per heavy atom. The minimum Gasteiger partial charge on any atom is -0.339 e. The molecule has 0 spiro atoms. The second-order valence-corrected chi connectivity index (χ2v) is 5.48. The van der Waals surface area contributed by atoms with Gasteiger partial charge < -0.3 is 5.32 Å². The molecule has 0 aliphatic carbocycles. The first kappa shape index (κ1) is 19.3. The summed E-state index contributed by atoms with van der Waals surface area (Å²) in [4.78, 5) is 7.91. The Morgan fingerprint density at radius 3 is 2.20 bits per heavy atom. The number of hydrogen-bond acceptors (Lipinski definition) is 3. The minimum absolute atomic E-state index is 0.0188. The van der Waals surface area contributed by atoms with Crippen molar-refractivity contribution in [1.29, 1.82) is 0 Å². The lowest BCUT2D eigenvalue weighted by atomic mass is 10.1. The smallest absolute Gasteiger partial charge is 0.339 e. The molecule has 3 nitrogen and oxygen atoms in total. The van der Waals surface area contributed by atoms with Gasteiger partial charge in [0.15, 0.2) is 0 Å². The second-order valence-electron chi connectivity index (χ2n) is 5.12. The fraction of sp³-hybridized carbons (Fsp3) is 0.333. The molecular weight excluding hydrogens is 372 g/mol. The summed E-state index contributed by atoms with van der Waals surface area (Å²) in [6, 6.07) is 1.35. The number of halogens is 7. The molecular formula is C15H12ClF6N3. The lowest BCUT2D eigenvalue weighted by Crippen LogP contribution is -2.14. The Kier molecular flexibility index (Phi) is 5.17. The maximum Gasteiger partial charge on any atom is 0.418 e. The van der Waals surface area contributed by atoms with E-state index in [9.17, 15) is 26.3 Å². The van der Waals surface area contributed by atoms with Gasteiger partial charge >= 0.3 is 12.4 Å². The predicted octanol–water partition coefficient (Wildman–Crippen LogP) is 5.78. The van der Waals surface area contributed by atoms with Gasteiger partial charge in [-0.1, -0.05) is 18.5 Å². The molecule has 0 aliphatic rings. The van der Waals surface area contributed by atoms with Gasteiger partial charge in [0.25, 0.3) is 0 Å². The van der Waals surface area contributed by atoms with Gasteiger partial charge in [0.2, 0.25) is 0 Å². The Labute approximate surface area is 144 Å². The molecule has 0 bridgehead atoms. The van der Waals surface area contributed by atoms with Crippen LogP contribution in [-0.4, -0.2) is 9.97 Å². The Hall–Kier alpha value is -2.03. The van der Waals surface area contributed by atoms with E-state index in [-0.39, 0.29) is 22.9 Å². The van der Waals surface area contributed by atoms with E-state index in [4.69, 9.17) is 11.6 Å². The molecule has 1 N–H and O–H groups in total. The van der Waals surface area contributed by atoms with Gasteiger partial charge in [-0.3, -0.25) is 0 Å². The number of nitrogens with zero attached hydrogens (tertiary/aromatic N) is 2. The lowest BCUT2D eigenvalue weighted by molar-refractivity contribution is -0.142. The summed E-state index contributed by atoms with van der Waals surface area (Å²) in [6.45, 7) is 3.19. The fourth-order valence-electron chi connectivity index (χ4n) is 2.17. The van der Waals surface area contributed by atoms with Gasteiger partial charge in [0.05, 0.1) is 16.8 Å². The normalized spacial score (nSPS) is 12.4. The summed E-state index contributed by atoms with van der Waals surface area (Å²) in [5.74, 6) is 0.232. The van der Waals surface area contributed by atoms with Crippen LogP contribution in [0.3, 0.4) is 0 Å². The maximum atomic E-state index is 13.2. The van der Waals surface area contributed by atoms with Crippen LogP contribution in [-0.2, 0) is 18.8 Å². The van der Waals surface area contributed by atoms with E-state index in [1.807, 2.05) is 0 Å². The fourth-order valence-corrected chi connectivity index (χ4v) is 2.52. The highest BCUT2D eigenvalue weighted by molar-refractivity contribution is 6.30. The van der Waals surface area contributed by atoms with Crippen molar-refractivity contribution in [3.05, 3.63) is 45.9 Å². The zero-order chi connectivity index (χ0) is 19.0. The molecule has 1 aromatic carbocycles. The van der Waals surface area contributed by atoms with Gasteiger partial charge in [-0.05, 0) is 31.5 Å². The van der Waals surface area contributed by atoms with Gasteiger partial charge in [-0.25, -0.2) is 9.97 Å². The van der Waals surface area contributed by atoms with E-state index in [1.54, 1.807) is 6.92 Å². The minimum atomic E-state index is -4.98. The zero-order valence-electron chi connectivity index (χ0n) is 13.0. The second kappa shape index (κ2) is 6.70. The molecule has 2 rings (SSSR count). The number of rotatable bonds is 3. The van der Waals surface area contributed by atoms with Gasteiger partial charge in [-0.2, -0.15) is 26.3 Å². The average molecular weight is 384 g/mol. The van der Waals surface area contributed by atoms with Crippen LogP contribution < -0.4 is 5.32 Å². The molecule has 25 heavy (non-hydrogen) atoms. The SMILES string of the molecule is CCc1c(Cl)nc(C)nc1Nc1ccc(C(F)(F)F)cc1C(F)(F)F. The van der Waals surface area contributed by atoms with Crippen molar-refractivity contribution in [2.75, 3.05) is 5.32 Å². The summed E-state index contributed by atoms with van der Waals surface area (Å²) >= 11 is 5.95. The molecule has 0 atom stereocenters. The monoisotopic (exact) mass is 383 g/mol. The molecule has 1 aromatic heterocycles. The number of benzene rings is 1. The Balaban J connectivity index is 2.57. The van der Waals surface area contributed by atoms with Gasteiger partial charge in [0, 0.05) is 5.56 Å². The standard InChI is InChI=1S/C15H12ClF6N3/c1-3-9-12(16)23-7(2)24-13(9)25-11-5-4-8(14(17,18)19)6-10(11)15(20,21)22/h4-6H,3H2,1-2H3,(H,23,24,25). The van der Waals surface area contributed by atoms with E-state index >= 15 is 0 Å². The molecule has 10 heteroatoms. The Morgan fingerprint density at radius 2 is 1.68 bits per heavy atom. The highest BCUT2D eigenvalue weighted by Crippen LogP contribution is 2.40. The van der Waals surface area contributed by atoms with Crippen molar-refractivity contribution in [2.24, 2.45) is 0 Å². The summed E-state index contributed by atoms with van der Waals surface area (Å²) in [5.41, 5.74) is -3.03. The van der Waals surface area contributed by atoms with E-state index in [0.717, 1.165) is 6.07 Å². The molecule has 0 fully saturated rings. The van der Waals surface area contributed by atoms with Gasteiger partial charge in [0.1, 0.15) is 16.8 Å². The van der Waals surface area contributed by atoms with Crippen LogP contribution in [0.5, 0.6) is 0 Å². The van der Waals surface area contributed by atoms with Crippen molar-refractivity contribution in [1.82, 2.24) is 9.97 Å². The van der Waals surface area contributed by atoms with Crippen LogP contribution in [0, 0.1) is 6.92 Å². The van der Waals surface area contributed by atoms with Crippen molar-refractivity contribution >= 4 is 23.1 Å². The number of alkyl halides is 6. The topological polar surface area (TPSA) is 37.8 Å². The summed E-state index contributed by atoms with van der Waals surface area (Å²) in [5, 5.41) is 2.50. The molecule has 0 aliphatic heterocycles. The quantitative estimate of drug-likeness (QED) is 0.539. The van der Waals surface area contributed by atoms with Crippen LogP contribution >= 0.6 is 11.6 Å². The van der Waals surface area contributed by atoms with Crippen molar-refractivity contribution in [3.8, 4) is 0 Å². The molecule has 2 aromatic rings. The van der Waals surface area contributed by atoms with E-state index in [0.29, 0.717) is 18.1 Å².